The summed E-state index contributed by atoms with van der Waals surface area (Å²) >= 11 is 0. The molecular weight excluding hydrogens is 310 g/mol. The third-order valence-electron chi connectivity index (χ3n) is 3.51. The first-order chi connectivity index (χ1) is 11.6. The van der Waals surface area contributed by atoms with E-state index in [-0.39, 0.29) is 11.9 Å². The summed E-state index contributed by atoms with van der Waals surface area (Å²) in [4.78, 5) is 31.5. The molecule has 4 N–H and O–H groups in total. The fourth-order valence-corrected chi connectivity index (χ4v) is 2.46. The van der Waals surface area contributed by atoms with Gasteiger partial charge in [0.2, 0.25) is 11.9 Å². The maximum absolute atomic E-state index is 12.1. The van der Waals surface area contributed by atoms with Crippen LogP contribution in [-0.4, -0.2) is 44.0 Å². The van der Waals surface area contributed by atoms with E-state index in [9.17, 15) is 4.79 Å². The first kappa shape index (κ1) is 15.7. The van der Waals surface area contributed by atoms with Gasteiger partial charge in [0.05, 0.1) is 7.11 Å². The highest BCUT2D eigenvalue weighted by Crippen LogP contribution is 2.19. The Balaban J connectivity index is 1.88. The van der Waals surface area contributed by atoms with Crippen LogP contribution >= 0.6 is 0 Å². The van der Waals surface area contributed by atoms with Gasteiger partial charge in [-0.05, 0) is 24.6 Å². The molecule has 3 heterocycles. The number of fused-ring (bicyclic) bond motifs is 1. The average Bonchev–Trinajstić information content (AvgIpc) is 2.96. The SMILES string of the molecule is COC(=O)C(Cc1c[nH]c2ncccc12)Nc1nc(C)nc(N)n1. The van der Waals surface area contributed by atoms with E-state index < -0.39 is 12.0 Å². The van der Waals surface area contributed by atoms with Crippen LogP contribution in [0.3, 0.4) is 0 Å². The van der Waals surface area contributed by atoms with Crippen LogP contribution in [0, 0.1) is 6.92 Å². The number of hydrogen-bond acceptors (Lipinski definition) is 8. The summed E-state index contributed by atoms with van der Waals surface area (Å²) < 4.78 is 4.88. The van der Waals surface area contributed by atoms with E-state index in [2.05, 4.69) is 30.2 Å². The van der Waals surface area contributed by atoms with Crippen LogP contribution < -0.4 is 11.1 Å². The summed E-state index contributed by atoms with van der Waals surface area (Å²) in [6, 6.07) is 3.11. The number of carbonyl (C=O) groups excluding carboxylic acids is 1. The summed E-state index contributed by atoms with van der Waals surface area (Å²) in [5.41, 5.74) is 7.31. The minimum atomic E-state index is -0.671. The van der Waals surface area contributed by atoms with Crippen LogP contribution in [0.2, 0.25) is 0 Å². The monoisotopic (exact) mass is 327 g/mol. The van der Waals surface area contributed by atoms with Crippen molar-refractivity contribution in [2.75, 3.05) is 18.2 Å². The average molecular weight is 327 g/mol. The van der Waals surface area contributed by atoms with Crippen LogP contribution in [-0.2, 0) is 16.0 Å². The van der Waals surface area contributed by atoms with Crippen molar-refractivity contribution >= 4 is 28.9 Å². The van der Waals surface area contributed by atoms with Crippen LogP contribution in [0.1, 0.15) is 11.4 Å². The normalized spacial score (nSPS) is 12.1. The molecule has 0 aliphatic rings. The van der Waals surface area contributed by atoms with Crippen molar-refractivity contribution in [1.29, 1.82) is 0 Å². The number of nitrogens with two attached hydrogens (primary N) is 1. The number of ether oxygens (including phenoxy) is 1. The van der Waals surface area contributed by atoms with Gasteiger partial charge in [0.15, 0.2) is 0 Å². The Morgan fingerprint density at radius 2 is 2.25 bits per heavy atom. The number of anilines is 2. The summed E-state index contributed by atoms with van der Waals surface area (Å²) in [6.07, 6.45) is 3.90. The first-order valence-corrected chi connectivity index (χ1v) is 7.30. The molecule has 3 rings (SSSR count). The highest BCUT2D eigenvalue weighted by molar-refractivity contribution is 5.83. The lowest BCUT2D eigenvalue weighted by molar-refractivity contribution is -0.141. The van der Waals surface area contributed by atoms with Crippen molar-refractivity contribution in [1.82, 2.24) is 24.9 Å². The lowest BCUT2D eigenvalue weighted by Gasteiger charge is -2.16. The van der Waals surface area contributed by atoms with Gasteiger partial charge < -0.3 is 20.8 Å². The number of methoxy groups -OCH3 is 1. The second-order valence-electron chi connectivity index (χ2n) is 5.20. The minimum absolute atomic E-state index is 0.0879. The number of carbonyl (C=O) groups is 1. The first-order valence-electron chi connectivity index (χ1n) is 7.30. The third kappa shape index (κ3) is 3.24. The summed E-state index contributed by atoms with van der Waals surface area (Å²) in [5, 5.41) is 3.91. The Kier molecular flexibility index (Phi) is 4.23. The third-order valence-corrected chi connectivity index (χ3v) is 3.51. The molecule has 3 aromatic heterocycles. The van der Waals surface area contributed by atoms with Gasteiger partial charge in [-0.3, -0.25) is 0 Å². The number of nitrogens with one attached hydrogen (secondary N) is 2. The molecule has 24 heavy (non-hydrogen) atoms. The molecule has 1 atom stereocenters. The van der Waals surface area contributed by atoms with E-state index in [4.69, 9.17) is 10.5 Å². The largest absolute Gasteiger partial charge is 0.467 e. The number of pyridine rings is 1. The lowest BCUT2D eigenvalue weighted by atomic mass is 10.1. The molecular formula is C15H17N7O2. The van der Waals surface area contributed by atoms with E-state index in [0.29, 0.717) is 12.2 Å². The summed E-state index contributed by atoms with van der Waals surface area (Å²) in [6.45, 7) is 1.70. The van der Waals surface area contributed by atoms with E-state index in [1.54, 1.807) is 13.1 Å². The number of aromatic nitrogens is 5. The molecule has 0 saturated carbocycles. The van der Waals surface area contributed by atoms with Crippen LogP contribution in [0.25, 0.3) is 11.0 Å². The van der Waals surface area contributed by atoms with Crippen LogP contribution in [0.4, 0.5) is 11.9 Å². The molecule has 0 fully saturated rings. The fourth-order valence-electron chi connectivity index (χ4n) is 2.46. The van der Waals surface area contributed by atoms with Gasteiger partial charge in [-0.25, -0.2) is 9.78 Å². The number of hydrogen-bond donors (Lipinski definition) is 3. The standard InChI is InChI=1S/C15H17N7O2/c1-8-19-14(16)22-15(20-8)21-11(13(23)24-2)6-9-7-18-12-10(9)4-3-5-17-12/h3-5,7,11H,6H2,1-2H3,(H,17,18)(H3,16,19,20,21,22). The Labute approximate surface area is 137 Å². The number of nitrogen functional groups attached to an aromatic ring is 1. The summed E-state index contributed by atoms with van der Waals surface area (Å²) in [5.74, 6) is 0.355. The van der Waals surface area contributed by atoms with E-state index >= 15 is 0 Å². The molecule has 124 valence electrons. The van der Waals surface area contributed by atoms with Crippen molar-refractivity contribution in [2.45, 2.75) is 19.4 Å². The Bertz CT molecular complexity index is 857. The van der Waals surface area contributed by atoms with Crippen LogP contribution in [0.5, 0.6) is 0 Å². The Morgan fingerprint density at radius 1 is 1.42 bits per heavy atom. The Morgan fingerprint density at radius 3 is 3.00 bits per heavy atom. The van der Waals surface area contributed by atoms with Crippen LogP contribution in [0.15, 0.2) is 24.5 Å². The predicted molar refractivity (Wildman–Crippen MR) is 88.2 cm³/mol. The maximum atomic E-state index is 12.1. The number of rotatable bonds is 5. The van der Waals surface area contributed by atoms with Gasteiger partial charge in [0.1, 0.15) is 17.5 Å². The molecule has 0 saturated heterocycles. The predicted octanol–water partition coefficient (Wildman–Crippen LogP) is 0.835. The molecule has 9 heteroatoms. The van der Waals surface area contributed by atoms with Gasteiger partial charge in [-0.2, -0.15) is 15.0 Å². The number of esters is 1. The number of nitrogens with zero attached hydrogens (tertiary/aromatic N) is 4. The van der Waals surface area contributed by atoms with Crippen molar-refractivity contribution in [3.63, 3.8) is 0 Å². The molecule has 0 radical (unpaired) electrons. The van der Waals surface area contributed by atoms with Gasteiger partial charge in [-0.1, -0.05) is 0 Å². The highest BCUT2D eigenvalue weighted by Gasteiger charge is 2.22. The molecule has 0 aliphatic carbocycles. The number of aryl methyl sites for hydroxylation is 1. The molecule has 1 unspecified atom stereocenters. The second kappa shape index (κ2) is 6.49. The zero-order valence-electron chi connectivity index (χ0n) is 13.3. The Hall–Kier alpha value is -3.23. The zero-order valence-corrected chi connectivity index (χ0v) is 13.3. The fraction of sp³-hybridized carbons (Fsp3) is 0.267. The molecule has 9 nitrogen and oxygen atoms in total. The number of aromatic amines is 1. The van der Waals surface area contributed by atoms with Crippen molar-refractivity contribution in [3.8, 4) is 0 Å². The van der Waals surface area contributed by atoms with E-state index in [1.807, 2.05) is 18.3 Å². The topological polar surface area (TPSA) is 132 Å². The highest BCUT2D eigenvalue weighted by atomic mass is 16.5. The zero-order chi connectivity index (χ0) is 17.1. The second-order valence-corrected chi connectivity index (χ2v) is 5.20. The van der Waals surface area contributed by atoms with Gasteiger partial charge in [0.25, 0.3) is 0 Å². The molecule has 0 spiro atoms. The van der Waals surface area contributed by atoms with Gasteiger partial charge in [0, 0.05) is 24.2 Å². The smallest absolute Gasteiger partial charge is 0.328 e. The van der Waals surface area contributed by atoms with Gasteiger partial charge >= 0.3 is 5.97 Å². The maximum Gasteiger partial charge on any atom is 0.328 e. The van der Waals surface area contributed by atoms with Crippen molar-refractivity contribution in [2.24, 2.45) is 0 Å². The molecule has 0 bridgehead atoms. The number of H-pyrrole nitrogens is 1. The van der Waals surface area contributed by atoms with Gasteiger partial charge in [-0.15, -0.1) is 0 Å². The molecule has 0 amide bonds. The molecule has 0 aromatic carbocycles. The van der Waals surface area contributed by atoms with E-state index in [1.165, 1.54) is 7.11 Å². The van der Waals surface area contributed by atoms with E-state index in [0.717, 1.165) is 16.6 Å². The lowest BCUT2D eigenvalue weighted by Crippen LogP contribution is -2.33. The minimum Gasteiger partial charge on any atom is -0.467 e. The molecule has 3 aromatic rings. The van der Waals surface area contributed by atoms with Crippen molar-refractivity contribution < 1.29 is 9.53 Å². The summed E-state index contributed by atoms with van der Waals surface area (Å²) in [7, 11) is 1.33. The molecule has 0 aliphatic heterocycles. The quantitative estimate of drug-likeness (QED) is 0.587. The van der Waals surface area contributed by atoms with Crippen molar-refractivity contribution in [3.05, 3.63) is 35.9 Å².